The molecule has 1 N–H and O–H groups in total. The van der Waals surface area contributed by atoms with E-state index in [0.717, 1.165) is 3.57 Å². The van der Waals surface area contributed by atoms with E-state index in [2.05, 4.69) is 27.9 Å². The number of amides is 1. The molecule has 2 aromatic carbocycles. The zero-order chi connectivity index (χ0) is 18.4. The fourth-order valence-electron chi connectivity index (χ4n) is 2.18. The number of ether oxygens (including phenoxy) is 1. The highest BCUT2D eigenvalue weighted by atomic mass is 127. The minimum Gasteiger partial charge on any atom is -0.496 e. The number of benzene rings is 2. The number of hydrogen-bond donors (Lipinski definition) is 1. The summed E-state index contributed by atoms with van der Waals surface area (Å²) >= 11 is 8.11. The lowest BCUT2D eigenvalue weighted by Crippen LogP contribution is -2.26. The Kier molecular flexibility index (Phi) is 7.09. The Bertz CT molecular complexity index is 856. The molecular formula is C17H17ClINO4S. The van der Waals surface area contributed by atoms with Crippen molar-refractivity contribution in [3.05, 3.63) is 56.6 Å². The zero-order valence-corrected chi connectivity index (χ0v) is 17.2. The normalized spacial score (nSPS) is 11.2. The summed E-state index contributed by atoms with van der Waals surface area (Å²) < 4.78 is 30.3. The second-order valence-corrected chi connectivity index (χ2v) is 8.89. The lowest BCUT2D eigenvalue weighted by Gasteiger charge is -2.11. The van der Waals surface area contributed by atoms with Gasteiger partial charge >= 0.3 is 0 Å². The molecule has 0 spiro atoms. The molecule has 5 nitrogen and oxygen atoms in total. The first kappa shape index (κ1) is 20.0. The van der Waals surface area contributed by atoms with Crippen molar-refractivity contribution in [3.63, 3.8) is 0 Å². The molecule has 0 fully saturated rings. The summed E-state index contributed by atoms with van der Waals surface area (Å²) in [5.74, 6) is 0.0254. The number of carbonyl (C=O) groups is 1. The summed E-state index contributed by atoms with van der Waals surface area (Å²) in [6.07, 6.45) is 0.309. The van der Waals surface area contributed by atoms with E-state index < -0.39 is 9.84 Å². The van der Waals surface area contributed by atoms with Crippen LogP contribution in [0, 0.1) is 3.57 Å². The molecule has 0 aliphatic rings. The minimum atomic E-state index is -3.35. The topological polar surface area (TPSA) is 72.5 Å². The fraction of sp³-hybridized carbons (Fsp3) is 0.235. The lowest BCUT2D eigenvalue weighted by molar-refractivity contribution is 0.0950. The maximum Gasteiger partial charge on any atom is 0.255 e. The van der Waals surface area contributed by atoms with E-state index in [1.165, 1.54) is 13.2 Å². The fourth-order valence-corrected chi connectivity index (χ4v) is 4.11. The molecule has 0 aliphatic carbocycles. The van der Waals surface area contributed by atoms with Crippen LogP contribution in [-0.4, -0.2) is 33.7 Å². The van der Waals surface area contributed by atoms with Gasteiger partial charge in [0.25, 0.3) is 5.91 Å². The van der Waals surface area contributed by atoms with Crippen LogP contribution in [0.4, 0.5) is 0 Å². The van der Waals surface area contributed by atoms with Crippen LogP contribution >= 0.6 is 34.2 Å². The van der Waals surface area contributed by atoms with E-state index in [-0.39, 0.29) is 23.1 Å². The number of carbonyl (C=O) groups excluding carboxylic acids is 1. The van der Waals surface area contributed by atoms with E-state index in [1.54, 1.807) is 36.4 Å². The molecule has 25 heavy (non-hydrogen) atoms. The third kappa shape index (κ3) is 5.32. The van der Waals surface area contributed by atoms with Gasteiger partial charge in [0.2, 0.25) is 0 Å². The molecule has 134 valence electrons. The van der Waals surface area contributed by atoms with E-state index in [4.69, 9.17) is 16.3 Å². The Balaban J connectivity index is 1.94. The molecule has 0 saturated heterocycles. The average molecular weight is 494 g/mol. The molecule has 0 aromatic heterocycles. The Morgan fingerprint density at radius 2 is 1.92 bits per heavy atom. The Morgan fingerprint density at radius 3 is 2.56 bits per heavy atom. The van der Waals surface area contributed by atoms with Crippen LogP contribution in [0.1, 0.15) is 16.8 Å². The molecule has 0 radical (unpaired) electrons. The van der Waals surface area contributed by atoms with Crippen LogP contribution in [-0.2, 0) is 9.84 Å². The standard InChI is InChI=1S/C17H17ClINO4S/c1-24-16-11-15(19)14(18)10-13(16)17(21)20-8-5-9-25(22,23)12-6-3-2-4-7-12/h2-4,6-7,10-11H,5,8-9H2,1H3,(H,20,21). The van der Waals surface area contributed by atoms with Crippen molar-refractivity contribution in [2.75, 3.05) is 19.4 Å². The van der Waals surface area contributed by atoms with Gasteiger partial charge in [0.1, 0.15) is 5.75 Å². The van der Waals surface area contributed by atoms with Gasteiger partial charge in [-0.05, 0) is 53.3 Å². The van der Waals surface area contributed by atoms with E-state index in [1.807, 2.05) is 0 Å². The first-order valence-corrected chi connectivity index (χ1v) is 10.5. The maximum absolute atomic E-state index is 12.3. The van der Waals surface area contributed by atoms with E-state index in [0.29, 0.717) is 22.8 Å². The van der Waals surface area contributed by atoms with Crippen molar-refractivity contribution in [1.82, 2.24) is 5.32 Å². The number of sulfone groups is 1. The van der Waals surface area contributed by atoms with Gasteiger partial charge in [-0.25, -0.2) is 8.42 Å². The van der Waals surface area contributed by atoms with Crippen molar-refractivity contribution in [1.29, 1.82) is 0 Å². The van der Waals surface area contributed by atoms with E-state index >= 15 is 0 Å². The predicted octanol–water partition coefficient (Wildman–Crippen LogP) is 3.55. The average Bonchev–Trinajstić information content (AvgIpc) is 2.61. The monoisotopic (exact) mass is 493 g/mol. The third-order valence-electron chi connectivity index (χ3n) is 3.46. The van der Waals surface area contributed by atoms with Crippen LogP contribution in [0.3, 0.4) is 0 Å². The van der Waals surface area contributed by atoms with Crippen LogP contribution in [0.25, 0.3) is 0 Å². The molecule has 0 unspecified atom stereocenters. The van der Waals surface area contributed by atoms with Crippen LogP contribution < -0.4 is 10.1 Å². The Hall–Kier alpha value is -1.32. The van der Waals surface area contributed by atoms with Gasteiger partial charge in [0.15, 0.2) is 9.84 Å². The number of hydrogen-bond acceptors (Lipinski definition) is 4. The quantitative estimate of drug-likeness (QED) is 0.473. The predicted molar refractivity (Wildman–Crippen MR) is 106 cm³/mol. The van der Waals surface area contributed by atoms with Gasteiger partial charge in [0, 0.05) is 10.1 Å². The largest absolute Gasteiger partial charge is 0.496 e. The zero-order valence-electron chi connectivity index (χ0n) is 13.5. The molecule has 0 atom stereocenters. The number of nitrogens with one attached hydrogen (secondary N) is 1. The molecule has 2 rings (SSSR count). The van der Waals surface area contributed by atoms with Gasteiger partial charge < -0.3 is 10.1 Å². The number of rotatable bonds is 7. The molecule has 8 heteroatoms. The summed E-state index contributed by atoms with van der Waals surface area (Å²) in [5, 5.41) is 3.16. The molecular weight excluding hydrogens is 477 g/mol. The first-order valence-electron chi connectivity index (χ1n) is 7.44. The second kappa shape index (κ2) is 8.86. The molecule has 1 amide bonds. The Morgan fingerprint density at radius 1 is 1.24 bits per heavy atom. The summed E-state index contributed by atoms with van der Waals surface area (Å²) in [6.45, 7) is 0.234. The lowest BCUT2D eigenvalue weighted by atomic mass is 10.2. The Labute approximate surface area is 165 Å². The number of halogens is 2. The summed E-state index contributed by atoms with van der Waals surface area (Å²) in [4.78, 5) is 12.6. The van der Waals surface area contributed by atoms with Crippen molar-refractivity contribution in [3.8, 4) is 5.75 Å². The van der Waals surface area contributed by atoms with Gasteiger partial charge in [-0.1, -0.05) is 29.8 Å². The minimum absolute atomic E-state index is 0.0398. The van der Waals surface area contributed by atoms with Crippen molar-refractivity contribution >= 4 is 49.9 Å². The highest BCUT2D eigenvalue weighted by Gasteiger charge is 2.16. The molecule has 0 heterocycles. The van der Waals surface area contributed by atoms with Crippen molar-refractivity contribution < 1.29 is 17.9 Å². The van der Waals surface area contributed by atoms with E-state index in [9.17, 15) is 13.2 Å². The first-order chi connectivity index (χ1) is 11.8. The van der Waals surface area contributed by atoms with Gasteiger partial charge in [-0.3, -0.25) is 4.79 Å². The summed E-state index contributed by atoms with van der Waals surface area (Å²) in [7, 11) is -1.87. The van der Waals surface area contributed by atoms with Crippen molar-refractivity contribution in [2.24, 2.45) is 0 Å². The van der Waals surface area contributed by atoms with Gasteiger partial charge in [0.05, 0.1) is 28.3 Å². The van der Waals surface area contributed by atoms with Crippen LogP contribution in [0.2, 0.25) is 5.02 Å². The van der Waals surface area contributed by atoms with Gasteiger partial charge in [-0.2, -0.15) is 0 Å². The summed E-state index contributed by atoms with van der Waals surface area (Å²) in [5.41, 5.74) is 0.318. The second-order valence-electron chi connectivity index (χ2n) is 5.21. The van der Waals surface area contributed by atoms with Crippen molar-refractivity contribution in [2.45, 2.75) is 11.3 Å². The molecule has 0 aliphatic heterocycles. The van der Waals surface area contributed by atoms with Gasteiger partial charge in [-0.15, -0.1) is 0 Å². The molecule has 0 bridgehead atoms. The number of methoxy groups -OCH3 is 1. The molecule has 2 aromatic rings. The highest BCUT2D eigenvalue weighted by Crippen LogP contribution is 2.28. The van der Waals surface area contributed by atoms with Crippen LogP contribution in [0.15, 0.2) is 47.4 Å². The third-order valence-corrected chi connectivity index (χ3v) is 6.81. The van der Waals surface area contributed by atoms with Crippen LogP contribution in [0.5, 0.6) is 5.75 Å². The highest BCUT2D eigenvalue weighted by molar-refractivity contribution is 14.1. The molecule has 0 saturated carbocycles. The SMILES string of the molecule is COc1cc(I)c(Cl)cc1C(=O)NCCCS(=O)(=O)c1ccccc1. The smallest absolute Gasteiger partial charge is 0.255 e. The summed E-state index contributed by atoms with van der Waals surface area (Å²) in [6, 6.07) is 11.5. The maximum atomic E-state index is 12.3.